The number of pyridine rings is 1. The van der Waals surface area contributed by atoms with Gasteiger partial charge in [0.1, 0.15) is 0 Å². The van der Waals surface area contributed by atoms with Crippen LogP contribution >= 0.6 is 0 Å². The normalized spacial score (nSPS) is 22.5. The third-order valence-electron chi connectivity index (χ3n) is 5.01. The summed E-state index contributed by atoms with van der Waals surface area (Å²) >= 11 is 0. The van der Waals surface area contributed by atoms with E-state index < -0.39 is 0 Å². The maximum atomic E-state index is 4.16. The molecule has 1 fully saturated rings. The molecule has 1 aliphatic carbocycles. The number of hydrogen-bond donors (Lipinski definition) is 1. The fraction of sp³-hybridized carbons (Fsp3) is 0.526. The summed E-state index contributed by atoms with van der Waals surface area (Å²) in [7, 11) is 0. The van der Waals surface area contributed by atoms with Crippen LogP contribution in [-0.4, -0.2) is 11.5 Å². The number of rotatable bonds is 5. The van der Waals surface area contributed by atoms with Gasteiger partial charge in [-0.3, -0.25) is 4.98 Å². The predicted molar refractivity (Wildman–Crippen MR) is 89.2 cm³/mol. The maximum absolute atomic E-state index is 4.16. The Hall–Kier alpha value is -1.41. The summed E-state index contributed by atoms with van der Waals surface area (Å²) in [5.41, 5.74) is 1.37. The topological polar surface area (TPSA) is 24.9 Å². The zero-order chi connectivity index (χ0) is 14.5. The molecule has 1 saturated carbocycles. The Morgan fingerprint density at radius 1 is 1.05 bits per heavy atom. The number of hydrogen-bond acceptors (Lipinski definition) is 2. The molecule has 0 unspecified atom stereocenters. The van der Waals surface area contributed by atoms with Crippen LogP contribution in [0.4, 0.5) is 0 Å². The Labute approximate surface area is 128 Å². The Bertz CT molecular complexity index is 571. The van der Waals surface area contributed by atoms with Crippen LogP contribution in [0.5, 0.6) is 0 Å². The molecule has 2 aromatic rings. The van der Waals surface area contributed by atoms with Gasteiger partial charge in [-0.05, 0) is 54.3 Å². The molecule has 0 radical (unpaired) electrons. The lowest BCUT2D eigenvalue weighted by molar-refractivity contribution is 0.262. The molecule has 0 amide bonds. The highest BCUT2D eigenvalue weighted by Crippen LogP contribution is 2.30. The molecule has 0 saturated heterocycles. The van der Waals surface area contributed by atoms with E-state index in [0.29, 0.717) is 0 Å². The largest absolute Gasteiger partial charge is 0.312 e. The van der Waals surface area contributed by atoms with Gasteiger partial charge in [0.15, 0.2) is 0 Å². The van der Waals surface area contributed by atoms with E-state index in [0.717, 1.165) is 18.4 Å². The highest BCUT2D eigenvalue weighted by molar-refractivity contribution is 5.81. The van der Waals surface area contributed by atoms with Gasteiger partial charge in [0.2, 0.25) is 0 Å². The van der Waals surface area contributed by atoms with Crippen molar-refractivity contribution in [3.05, 3.63) is 42.2 Å². The van der Waals surface area contributed by atoms with E-state index >= 15 is 0 Å². The first-order chi connectivity index (χ1) is 10.3. The molecule has 0 bridgehead atoms. The van der Waals surface area contributed by atoms with E-state index in [9.17, 15) is 0 Å². The maximum Gasteiger partial charge on any atom is 0.0346 e. The predicted octanol–water partition coefficient (Wildman–Crippen LogP) is 4.54. The van der Waals surface area contributed by atoms with Crippen molar-refractivity contribution in [2.24, 2.45) is 11.8 Å². The SMILES string of the molecule is CCC1CCC(CNCc2ccc3cnccc3c2)CC1. The lowest BCUT2D eigenvalue weighted by atomic mass is 9.81. The molecule has 112 valence electrons. The molecule has 0 aliphatic heterocycles. The van der Waals surface area contributed by atoms with E-state index in [2.05, 4.69) is 41.5 Å². The zero-order valence-electron chi connectivity index (χ0n) is 13.0. The molecule has 2 heteroatoms. The first kappa shape index (κ1) is 14.5. The monoisotopic (exact) mass is 282 g/mol. The van der Waals surface area contributed by atoms with Crippen LogP contribution < -0.4 is 5.32 Å². The molecular weight excluding hydrogens is 256 g/mol. The van der Waals surface area contributed by atoms with Gasteiger partial charge in [-0.1, -0.05) is 38.3 Å². The molecule has 0 spiro atoms. The summed E-state index contributed by atoms with van der Waals surface area (Å²) in [6.07, 6.45) is 10.9. The van der Waals surface area contributed by atoms with Crippen LogP contribution in [0.3, 0.4) is 0 Å². The molecular formula is C19H26N2. The van der Waals surface area contributed by atoms with Gasteiger partial charge in [0.25, 0.3) is 0 Å². The third-order valence-corrected chi connectivity index (χ3v) is 5.01. The van der Waals surface area contributed by atoms with Crippen molar-refractivity contribution in [2.45, 2.75) is 45.6 Å². The molecule has 3 rings (SSSR count). The second kappa shape index (κ2) is 7.04. The van der Waals surface area contributed by atoms with Gasteiger partial charge in [-0.15, -0.1) is 0 Å². The van der Waals surface area contributed by atoms with Crippen LogP contribution in [0, 0.1) is 11.8 Å². The first-order valence-electron chi connectivity index (χ1n) is 8.38. The minimum atomic E-state index is 0.887. The van der Waals surface area contributed by atoms with Crippen molar-refractivity contribution in [3.63, 3.8) is 0 Å². The van der Waals surface area contributed by atoms with Crippen molar-refractivity contribution in [2.75, 3.05) is 6.54 Å². The van der Waals surface area contributed by atoms with Crippen LogP contribution in [0.15, 0.2) is 36.7 Å². The smallest absolute Gasteiger partial charge is 0.0346 e. The summed E-state index contributed by atoms with van der Waals surface area (Å²) in [4.78, 5) is 4.16. The number of nitrogens with one attached hydrogen (secondary N) is 1. The fourth-order valence-electron chi connectivity index (χ4n) is 3.51. The standard InChI is InChI=1S/C19H26N2/c1-2-15-3-5-16(6-4-15)12-21-13-17-7-8-19-14-20-10-9-18(19)11-17/h7-11,14-16,21H,2-6,12-13H2,1H3. The minimum Gasteiger partial charge on any atom is -0.312 e. The quantitative estimate of drug-likeness (QED) is 0.870. The van der Waals surface area contributed by atoms with E-state index in [1.165, 1.54) is 55.0 Å². The summed E-state index contributed by atoms with van der Waals surface area (Å²) < 4.78 is 0. The number of fused-ring (bicyclic) bond motifs is 1. The van der Waals surface area contributed by atoms with Crippen LogP contribution in [0.2, 0.25) is 0 Å². The van der Waals surface area contributed by atoms with Crippen molar-refractivity contribution in [1.82, 2.24) is 10.3 Å². The van der Waals surface area contributed by atoms with Gasteiger partial charge < -0.3 is 5.32 Å². The average molecular weight is 282 g/mol. The molecule has 1 heterocycles. The summed E-state index contributed by atoms with van der Waals surface area (Å²) in [5.74, 6) is 1.88. The average Bonchev–Trinajstić information content (AvgIpc) is 2.55. The second-order valence-electron chi connectivity index (χ2n) is 6.48. The lowest BCUT2D eigenvalue weighted by Gasteiger charge is -2.27. The van der Waals surface area contributed by atoms with Crippen molar-refractivity contribution in [1.29, 1.82) is 0 Å². The lowest BCUT2D eigenvalue weighted by Crippen LogP contribution is -2.26. The highest BCUT2D eigenvalue weighted by Gasteiger charge is 2.19. The number of nitrogens with zero attached hydrogens (tertiary/aromatic N) is 1. The number of benzene rings is 1. The van der Waals surface area contributed by atoms with Gasteiger partial charge in [-0.25, -0.2) is 0 Å². The molecule has 1 aromatic carbocycles. The second-order valence-corrected chi connectivity index (χ2v) is 6.48. The number of aromatic nitrogens is 1. The summed E-state index contributed by atoms with van der Waals surface area (Å²) in [6.45, 7) is 4.48. The Balaban J connectivity index is 1.48. The van der Waals surface area contributed by atoms with E-state index in [1.54, 1.807) is 0 Å². The molecule has 0 atom stereocenters. The Kier molecular flexibility index (Phi) is 4.87. The Morgan fingerprint density at radius 3 is 2.67 bits per heavy atom. The fourth-order valence-corrected chi connectivity index (χ4v) is 3.51. The minimum absolute atomic E-state index is 0.887. The molecule has 2 nitrogen and oxygen atoms in total. The van der Waals surface area contributed by atoms with Crippen molar-refractivity contribution < 1.29 is 0 Å². The first-order valence-corrected chi connectivity index (χ1v) is 8.38. The van der Waals surface area contributed by atoms with Gasteiger partial charge in [0, 0.05) is 24.3 Å². The molecule has 1 aliphatic rings. The van der Waals surface area contributed by atoms with Gasteiger partial charge >= 0.3 is 0 Å². The molecule has 21 heavy (non-hydrogen) atoms. The highest BCUT2D eigenvalue weighted by atomic mass is 14.9. The Morgan fingerprint density at radius 2 is 1.86 bits per heavy atom. The van der Waals surface area contributed by atoms with Crippen molar-refractivity contribution in [3.8, 4) is 0 Å². The van der Waals surface area contributed by atoms with Crippen molar-refractivity contribution >= 4 is 10.8 Å². The van der Waals surface area contributed by atoms with Gasteiger partial charge in [-0.2, -0.15) is 0 Å². The van der Waals surface area contributed by atoms with Crippen LogP contribution in [0.1, 0.15) is 44.6 Å². The third kappa shape index (κ3) is 3.82. The molecule has 1 aromatic heterocycles. The summed E-state index contributed by atoms with van der Waals surface area (Å²) in [5, 5.41) is 6.16. The van der Waals surface area contributed by atoms with Gasteiger partial charge in [0.05, 0.1) is 0 Å². The molecule has 1 N–H and O–H groups in total. The van der Waals surface area contributed by atoms with E-state index in [4.69, 9.17) is 0 Å². The van der Waals surface area contributed by atoms with Crippen LogP contribution in [0.25, 0.3) is 10.8 Å². The summed E-state index contributed by atoms with van der Waals surface area (Å²) in [6, 6.07) is 8.75. The zero-order valence-corrected chi connectivity index (χ0v) is 13.0. The van der Waals surface area contributed by atoms with E-state index in [-0.39, 0.29) is 0 Å². The van der Waals surface area contributed by atoms with Crippen LogP contribution in [-0.2, 0) is 6.54 Å². The van der Waals surface area contributed by atoms with E-state index in [1.807, 2.05) is 12.4 Å².